The van der Waals surface area contributed by atoms with E-state index in [1.807, 2.05) is 0 Å². The summed E-state index contributed by atoms with van der Waals surface area (Å²) < 4.78 is 6.30. The number of aryl methyl sites for hydroxylation is 1. The Morgan fingerprint density at radius 3 is 1.81 bits per heavy atom. The first-order valence-electron chi connectivity index (χ1n) is 11.1. The maximum Gasteiger partial charge on any atom is 0.235 e. The highest BCUT2D eigenvalue weighted by atomic mass is 28.3. The van der Waals surface area contributed by atoms with E-state index in [1.165, 1.54) is 81.9 Å². The van der Waals surface area contributed by atoms with E-state index in [9.17, 15) is 0 Å². The van der Waals surface area contributed by atoms with Crippen molar-refractivity contribution in [2.75, 3.05) is 0 Å². The van der Waals surface area contributed by atoms with E-state index in [-0.39, 0.29) is 0 Å². The average molecular weight is 383 g/mol. The minimum atomic E-state index is -1.06. The molecule has 0 amide bonds. The average Bonchev–Trinajstić information content (AvgIpc) is 2.71. The Bertz CT molecular complexity index is 569. The molecule has 148 valence electrons. The zero-order chi connectivity index (χ0) is 19.0. The van der Waals surface area contributed by atoms with Gasteiger partial charge in [-0.2, -0.15) is 0 Å². The third-order valence-corrected chi connectivity index (χ3v) is 8.12. The van der Waals surface area contributed by atoms with Gasteiger partial charge >= 0.3 is 0 Å². The molecule has 27 heavy (non-hydrogen) atoms. The highest BCUT2D eigenvalue weighted by molar-refractivity contribution is 6.52. The number of benzene rings is 2. The molecule has 1 atom stereocenters. The lowest BCUT2D eigenvalue weighted by Crippen LogP contribution is -2.21. The van der Waals surface area contributed by atoms with E-state index >= 15 is 0 Å². The molecule has 0 saturated carbocycles. The molecule has 2 rings (SSSR count). The van der Waals surface area contributed by atoms with Crippen LogP contribution in [0.1, 0.15) is 70.3 Å². The van der Waals surface area contributed by atoms with Gasteiger partial charge in [0.25, 0.3) is 0 Å². The Morgan fingerprint density at radius 1 is 0.630 bits per heavy atom. The lowest BCUT2D eigenvalue weighted by molar-refractivity contribution is 0.543. The SMILES string of the molecule is CCC[SiH](CCCCCCCCCCc1ccccc1)Oc1ccccc1. The summed E-state index contributed by atoms with van der Waals surface area (Å²) in [6.45, 7) is 2.28. The molecule has 1 nitrogen and oxygen atoms in total. The maximum atomic E-state index is 6.30. The van der Waals surface area contributed by atoms with Crippen LogP contribution in [-0.4, -0.2) is 9.04 Å². The van der Waals surface area contributed by atoms with Crippen LogP contribution in [0.5, 0.6) is 5.75 Å². The molecule has 2 aromatic carbocycles. The van der Waals surface area contributed by atoms with Crippen LogP contribution in [0.25, 0.3) is 0 Å². The summed E-state index contributed by atoms with van der Waals surface area (Å²) in [6, 6.07) is 23.9. The Balaban J connectivity index is 1.44. The van der Waals surface area contributed by atoms with Gasteiger partial charge in [0.15, 0.2) is 0 Å². The van der Waals surface area contributed by atoms with Crippen LogP contribution in [0.15, 0.2) is 60.7 Å². The standard InChI is InChI=1S/C25H38OSi/c1-2-22-27(26-25-20-14-10-15-21-25)23-16-8-6-4-3-5-7-11-17-24-18-12-9-13-19-24/h9-10,12-15,18-21,27H,2-8,11,16-17,22-23H2,1H3. The second-order valence-corrected chi connectivity index (χ2v) is 10.3. The van der Waals surface area contributed by atoms with Crippen LogP contribution in [0.2, 0.25) is 12.1 Å². The predicted octanol–water partition coefficient (Wildman–Crippen LogP) is 7.56. The largest absolute Gasteiger partial charge is 0.546 e. The van der Waals surface area contributed by atoms with Gasteiger partial charge in [-0.05, 0) is 42.6 Å². The molecule has 0 N–H and O–H groups in total. The van der Waals surface area contributed by atoms with Crippen LogP contribution in [0.4, 0.5) is 0 Å². The van der Waals surface area contributed by atoms with E-state index in [2.05, 4.69) is 67.6 Å². The Morgan fingerprint density at radius 2 is 1.19 bits per heavy atom. The smallest absolute Gasteiger partial charge is 0.235 e. The number of para-hydroxylation sites is 1. The molecular weight excluding hydrogens is 344 g/mol. The third kappa shape index (κ3) is 10.4. The molecule has 0 heterocycles. The van der Waals surface area contributed by atoms with Gasteiger partial charge < -0.3 is 4.43 Å². The van der Waals surface area contributed by atoms with Gasteiger partial charge in [0.2, 0.25) is 9.04 Å². The van der Waals surface area contributed by atoms with Gasteiger partial charge in [-0.25, -0.2) is 0 Å². The van der Waals surface area contributed by atoms with Crippen molar-refractivity contribution in [2.24, 2.45) is 0 Å². The Labute approximate surface area is 168 Å². The van der Waals surface area contributed by atoms with Crippen molar-refractivity contribution in [3.8, 4) is 5.75 Å². The fraction of sp³-hybridized carbons (Fsp3) is 0.520. The lowest BCUT2D eigenvalue weighted by atomic mass is 10.0. The summed E-state index contributed by atoms with van der Waals surface area (Å²) in [7, 11) is -1.06. The third-order valence-electron chi connectivity index (χ3n) is 5.24. The van der Waals surface area contributed by atoms with Crippen molar-refractivity contribution in [1.29, 1.82) is 0 Å². The van der Waals surface area contributed by atoms with Crippen molar-refractivity contribution in [1.82, 2.24) is 0 Å². The molecule has 0 radical (unpaired) electrons. The molecule has 0 fully saturated rings. The molecule has 2 heteroatoms. The molecule has 0 spiro atoms. The van der Waals surface area contributed by atoms with Crippen molar-refractivity contribution >= 4 is 9.04 Å². The summed E-state index contributed by atoms with van der Waals surface area (Å²) in [5, 5.41) is 0. The van der Waals surface area contributed by atoms with E-state index in [0.29, 0.717) is 0 Å². The summed E-state index contributed by atoms with van der Waals surface area (Å²) >= 11 is 0. The van der Waals surface area contributed by atoms with Crippen molar-refractivity contribution in [2.45, 2.75) is 83.2 Å². The summed E-state index contributed by atoms with van der Waals surface area (Å²) in [5.41, 5.74) is 1.49. The van der Waals surface area contributed by atoms with Crippen LogP contribution < -0.4 is 4.43 Å². The maximum absolute atomic E-state index is 6.30. The molecule has 1 unspecified atom stereocenters. The van der Waals surface area contributed by atoms with E-state index < -0.39 is 9.04 Å². The van der Waals surface area contributed by atoms with Gasteiger partial charge in [0.1, 0.15) is 5.75 Å². The zero-order valence-corrected chi connectivity index (χ0v) is 18.4. The Hall–Kier alpha value is -1.54. The fourth-order valence-electron chi connectivity index (χ4n) is 3.68. The monoisotopic (exact) mass is 382 g/mol. The van der Waals surface area contributed by atoms with Gasteiger partial charge in [-0.1, -0.05) is 107 Å². The quantitative estimate of drug-likeness (QED) is 0.228. The van der Waals surface area contributed by atoms with Crippen LogP contribution in [0, 0.1) is 0 Å². The van der Waals surface area contributed by atoms with Gasteiger partial charge in [-0.15, -0.1) is 0 Å². The first kappa shape index (κ1) is 21.8. The van der Waals surface area contributed by atoms with Crippen molar-refractivity contribution < 1.29 is 4.43 Å². The first-order valence-corrected chi connectivity index (χ1v) is 13.2. The van der Waals surface area contributed by atoms with Crippen LogP contribution in [0.3, 0.4) is 0 Å². The summed E-state index contributed by atoms with van der Waals surface area (Å²) in [4.78, 5) is 0. The highest BCUT2D eigenvalue weighted by Gasteiger charge is 2.12. The lowest BCUT2D eigenvalue weighted by Gasteiger charge is -2.17. The van der Waals surface area contributed by atoms with Gasteiger partial charge in [-0.3, -0.25) is 0 Å². The molecule has 0 aliphatic heterocycles. The van der Waals surface area contributed by atoms with Gasteiger partial charge in [0.05, 0.1) is 0 Å². The number of unbranched alkanes of at least 4 members (excludes halogenated alkanes) is 7. The van der Waals surface area contributed by atoms with Gasteiger partial charge in [0, 0.05) is 0 Å². The summed E-state index contributed by atoms with van der Waals surface area (Å²) in [6.07, 6.45) is 13.6. The molecule has 0 bridgehead atoms. The minimum Gasteiger partial charge on any atom is -0.546 e. The fourth-order valence-corrected chi connectivity index (χ4v) is 6.14. The second-order valence-electron chi connectivity index (χ2n) is 7.69. The minimum absolute atomic E-state index is 1.06. The molecule has 0 aliphatic rings. The molecule has 0 aromatic heterocycles. The van der Waals surface area contributed by atoms with Crippen LogP contribution >= 0.6 is 0 Å². The zero-order valence-electron chi connectivity index (χ0n) is 17.2. The van der Waals surface area contributed by atoms with Crippen LogP contribution in [-0.2, 0) is 6.42 Å². The Kier molecular flexibility index (Phi) is 11.7. The topological polar surface area (TPSA) is 9.23 Å². The predicted molar refractivity (Wildman–Crippen MR) is 121 cm³/mol. The van der Waals surface area contributed by atoms with E-state index in [0.717, 1.165) is 5.75 Å². The normalized spacial score (nSPS) is 12.0. The second kappa shape index (κ2) is 14.5. The molecular formula is C25H38OSi. The molecule has 0 saturated heterocycles. The summed E-state index contributed by atoms with van der Waals surface area (Å²) in [5.74, 6) is 1.08. The van der Waals surface area contributed by atoms with E-state index in [1.54, 1.807) is 0 Å². The van der Waals surface area contributed by atoms with Crippen molar-refractivity contribution in [3.05, 3.63) is 66.2 Å². The van der Waals surface area contributed by atoms with Crippen molar-refractivity contribution in [3.63, 3.8) is 0 Å². The van der Waals surface area contributed by atoms with E-state index in [4.69, 9.17) is 4.43 Å². The number of hydrogen-bond acceptors (Lipinski definition) is 1. The number of hydrogen-bond donors (Lipinski definition) is 0. The molecule has 2 aromatic rings. The number of rotatable bonds is 15. The molecule has 0 aliphatic carbocycles. The highest BCUT2D eigenvalue weighted by Crippen LogP contribution is 2.18. The first-order chi connectivity index (χ1) is 13.4.